The minimum atomic E-state index is -0.314. The van der Waals surface area contributed by atoms with Crippen LogP contribution in [0.2, 0.25) is 0 Å². The second-order valence-electron chi connectivity index (χ2n) is 5.14. The highest BCUT2D eigenvalue weighted by Gasteiger charge is 2.20. The number of carbonyl (C=O) groups excluding carboxylic acids is 1. The third kappa shape index (κ3) is 4.81. The van der Waals surface area contributed by atoms with Crippen molar-refractivity contribution in [3.05, 3.63) is 71.8 Å². The van der Waals surface area contributed by atoms with Crippen LogP contribution in [0.5, 0.6) is 0 Å². The van der Waals surface area contributed by atoms with Crippen molar-refractivity contribution in [2.45, 2.75) is 6.04 Å². The van der Waals surface area contributed by atoms with Gasteiger partial charge < -0.3 is 20.4 Å². The largest absolute Gasteiger partial charge is 0.395 e. The van der Waals surface area contributed by atoms with Crippen LogP contribution in [0.25, 0.3) is 0 Å². The van der Waals surface area contributed by atoms with Crippen LogP contribution in [-0.2, 0) is 0 Å². The molecule has 2 aromatic carbocycles. The van der Waals surface area contributed by atoms with Crippen LogP contribution in [0.1, 0.15) is 17.2 Å². The van der Waals surface area contributed by atoms with Gasteiger partial charge in [-0.3, -0.25) is 0 Å². The van der Waals surface area contributed by atoms with Gasteiger partial charge in [0.2, 0.25) is 0 Å². The van der Waals surface area contributed by atoms with Gasteiger partial charge in [-0.25, -0.2) is 4.79 Å². The molecule has 2 amide bonds. The fourth-order valence-electron chi connectivity index (χ4n) is 2.42. The molecule has 3 N–H and O–H groups in total. The van der Waals surface area contributed by atoms with Crippen LogP contribution in [0.15, 0.2) is 60.7 Å². The summed E-state index contributed by atoms with van der Waals surface area (Å²) in [6.45, 7) is 0.0783. The van der Waals surface area contributed by atoms with Gasteiger partial charge in [0.1, 0.15) is 0 Å². The summed E-state index contributed by atoms with van der Waals surface area (Å²) in [4.78, 5) is 13.9. The normalized spacial score (nSPS) is 10.6. The highest BCUT2D eigenvalue weighted by atomic mass is 16.3. The van der Waals surface area contributed by atoms with Crippen molar-refractivity contribution in [2.24, 2.45) is 0 Å². The molecule has 5 nitrogen and oxygen atoms in total. The van der Waals surface area contributed by atoms with E-state index in [2.05, 4.69) is 5.32 Å². The van der Waals surface area contributed by atoms with Gasteiger partial charge in [0.15, 0.2) is 0 Å². The van der Waals surface area contributed by atoms with E-state index in [0.717, 1.165) is 11.1 Å². The van der Waals surface area contributed by atoms with Crippen LogP contribution in [0.3, 0.4) is 0 Å². The van der Waals surface area contributed by atoms with Gasteiger partial charge in [-0.2, -0.15) is 0 Å². The molecule has 0 fully saturated rings. The molecule has 5 heteroatoms. The Kier molecular flexibility index (Phi) is 6.59. The third-order valence-electron chi connectivity index (χ3n) is 3.56. The summed E-state index contributed by atoms with van der Waals surface area (Å²) in [6.07, 6.45) is 0. The molecule has 0 aliphatic rings. The quantitative estimate of drug-likeness (QED) is 0.729. The highest BCUT2D eigenvalue weighted by Crippen LogP contribution is 2.21. The van der Waals surface area contributed by atoms with Crippen LogP contribution in [0, 0.1) is 0 Å². The molecule has 0 bridgehead atoms. The first-order chi connectivity index (χ1) is 11.3. The van der Waals surface area contributed by atoms with Crippen molar-refractivity contribution in [1.29, 1.82) is 0 Å². The van der Waals surface area contributed by atoms with E-state index >= 15 is 0 Å². The molecule has 0 aromatic heterocycles. The molecule has 0 aliphatic carbocycles. The lowest BCUT2D eigenvalue weighted by Crippen LogP contribution is -2.44. The van der Waals surface area contributed by atoms with Crippen LogP contribution >= 0.6 is 0 Å². The van der Waals surface area contributed by atoms with Crippen LogP contribution in [-0.4, -0.2) is 47.4 Å². The predicted octanol–water partition coefficient (Wildman–Crippen LogP) is 1.77. The summed E-state index contributed by atoms with van der Waals surface area (Å²) < 4.78 is 0. The van der Waals surface area contributed by atoms with Gasteiger partial charge in [-0.1, -0.05) is 60.7 Å². The van der Waals surface area contributed by atoms with Crippen molar-refractivity contribution < 1.29 is 15.0 Å². The molecular weight excluding hydrogens is 292 g/mol. The lowest BCUT2D eigenvalue weighted by atomic mass is 9.99. The minimum absolute atomic E-state index is 0.144. The van der Waals surface area contributed by atoms with E-state index in [0.29, 0.717) is 0 Å². The van der Waals surface area contributed by atoms with Gasteiger partial charge in [-0.15, -0.1) is 0 Å². The summed E-state index contributed by atoms with van der Waals surface area (Å²) >= 11 is 0. The predicted molar refractivity (Wildman–Crippen MR) is 89.0 cm³/mol. The maximum atomic E-state index is 12.5. The smallest absolute Gasteiger partial charge is 0.318 e. The molecule has 0 saturated carbocycles. The van der Waals surface area contributed by atoms with E-state index < -0.39 is 0 Å². The van der Waals surface area contributed by atoms with E-state index in [1.165, 1.54) is 4.90 Å². The van der Waals surface area contributed by atoms with Crippen LogP contribution in [0.4, 0.5) is 4.79 Å². The topological polar surface area (TPSA) is 72.8 Å². The van der Waals surface area contributed by atoms with Crippen molar-refractivity contribution in [2.75, 3.05) is 26.3 Å². The summed E-state index contributed by atoms with van der Waals surface area (Å²) in [5.74, 6) is 0. The van der Waals surface area contributed by atoms with Gasteiger partial charge in [0.25, 0.3) is 0 Å². The maximum absolute atomic E-state index is 12.5. The molecule has 0 aliphatic heterocycles. The fourth-order valence-corrected chi connectivity index (χ4v) is 2.42. The Bertz CT molecular complexity index is 544. The van der Waals surface area contributed by atoms with Crippen molar-refractivity contribution in [3.8, 4) is 0 Å². The number of rotatable bonds is 7. The zero-order valence-corrected chi connectivity index (χ0v) is 12.9. The highest BCUT2D eigenvalue weighted by molar-refractivity contribution is 5.75. The van der Waals surface area contributed by atoms with E-state index in [1.54, 1.807) is 0 Å². The average molecular weight is 314 g/mol. The average Bonchev–Trinajstić information content (AvgIpc) is 2.61. The van der Waals surface area contributed by atoms with Gasteiger partial charge in [0, 0.05) is 13.1 Å². The van der Waals surface area contributed by atoms with Crippen LogP contribution < -0.4 is 5.32 Å². The summed E-state index contributed by atoms with van der Waals surface area (Å²) in [6, 6.07) is 18.8. The number of hydrogen-bond donors (Lipinski definition) is 3. The number of nitrogens with zero attached hydrogens (tertiary/aromatic N) is 1. The lowest BCUT2D eigenvalue weighted by molar-refractivity contribution is 0.156. The number of aliphatic hydroxyl groups excluding tert-OH is 2. The third-order valence-corrected chi connectivity index (χ3v) is 3.56. The summed E-state index contributed by atoms with van der Waals surface area (Å²) in [5.41, 5.74) is 1.94. The van der Waals surface area contributed by atoms with Gasteiger partial charge >= 0.3 is 6.03 Å². The van der Waals surface area contributed by atoms with E-state index in [1.807, 2.05) is 60.7 Å². The summed E-state index contributed by atoms with van der Waals surface area (Å²) in [5, 5.41) is 21.1. The molecule has 0 heterocycles. The Labute approximate surface area is 136 Å². The number of carbonyl (C=O) groups is 1. The number of hydrogen-bond acceptors (Lipinski definition) is 3. The Morgan fingerprint density at radius 2 is 1.30 bits per heavy atom. The molecule has 2 aromatic rings. The lowest BCUT2D eigenvalue weighted by Gasteiger charge is -2.26. The number of aliphatic hydroxyl groups is 2. The molecule has 122 valence electrons. The second-order valence-corrected chi connectivity index (χ2v) is 5.14. The Hall–Kier alpha value is -2.37. The number of nitrogens with one attached hydrogen (secondary N) is 1. The second kappa shape index (κ2) is 8.92. The van der Waals surface area contributed by atoms with Gasteiger partial charge in [0.05, 0.1) is 19.3 Å². The zero-order valence-electron chi connectivity index (χ0n) is 12.9. The SMILES string of the molecule is O=C(NC(c1ccccc1)c1ccccc1)N(CCO)CCO. The molecule has 0 spiro atoms. The molecular formula is C18H22N2O3. The monoisotopic (exact) mass is 314 g/mol. The Balaban J connectivity index is 2.23. The number of benzene rings is 2. The standard InChI is InChI=1S/C18H22N2O3/c21-13-11-20(12-14-22)18(23)19-17(15-7-3-1-4-8-15)16-9-5-2-6-10-16/h1-10,17,21-22H,11-14H2,(H,19,23). The van der Waals surface area contributed by atoms with Crippen molar-refractivity contribution >= 4 is 6.03 Å². The number of amides is 2. The maximum Gasteiger partial charge on any atom is 0.318 e. The van der Waals surface area contributed by atoms with Gasteiger partial charge in [-0.05, 0) is 11.1 Å². The zero-order chi connectivity index (χ0) is 16.5. The first-order valence-electron chi connectivity index (χ1n) is 7.63. The molecule has 23 heavy (non-hydrogen) atoms. The minimum Gasteiger partial charge on any atom is -0.395 e. The molecule has 0 unspecified atom stereocenters. The molecule has 0 atom stereocenters. The molecule has 0 saturated heterocycles. The first kappa shape index (κ1) is 17.0. The first-order valence-corrected chi connectivity index (χ1v) is 7.63. The van der Waals surface area contributed by atoms with E-state index in [9.17, 15) is 4.79 Å². The fraction of sp³-hybridized carbons (Fsp3) is 0.278. The van der Waals surface area contributed by atoms with E-state index in [-0.39, 0.29) is 38.4 Å². The number of urea groups is 1. The summed E-state index contributed by atoms with van der Waals surface area (Å²) in [7, 11) is 0. The van der Waals surface area contributed by atoms with Crippen molar-refractivity contribution in [1.82, 2.24) is 10.2 Å². The Morgan fingerprint density at radius 3 is 1.70 bits per heavy atom. The molecule has 0 radical (unpaired) electrons. The van der Waals surface area contributed by atoms with E-state index in [4.69, 9.17) is 10.2 Å². The molecule has 2 rings (SSSR count). The van der Waals surface area contributed by atoms with Crippen molar-refractivity contribution in [3.63, 3.8) is 0 Å². The Morgan fingerprint density at radius 1 is 0.870 bits per heavy atom.